The number of rotatable bonds is 5. The molecule has 3 rings (SSSR count). The van der Waals surface area contributed by atoms with Crippen LogP contribution in [0.25, 0.3) is 0 Å². The predicted molar refractivity (Wildman–Crippen MR) is 91.9 cm³/mol. The van der Waals surface area contributed by atoms with E-state index < -0.39 is 0 Å². The number of hydrogen-bond donors (Lipinski definition) is 1. The molecule has 2 aliphatic carbocycles. The molecule has 1 aromatic carbocycles. The van der Waals surface area contributed by atoms with E-state index >= 15 is 0 Å². The Morgan fingerprint density at radius 3 is 3.04 bits per heavy atom. The van der Waals surface area contributed by atoms with Crippen molar-refractivity contribution in [3.8, 4) is 5.75 Å². The van der Waals surface area contributed by atoms with E-state index in [1.165, 1.54) is 19.3 Å². The number of carbonyl (C=O) groups is 1. The fourth-order valence-corrected chi connectivity index (χ4v) is 4.17. The third-order valence-electron chi connectivity index (χ3n) is 5.26. The molecule has 1 N–H and O–H groups in total. The van der Waals surface area contributed by atoms with Crippen molar-refractivity contribution >= 4 is 23.7 Å². The summed E-state index contributed by atoms with van der Waals surface area (Å²) in [5.74, 6) is 1.40. The van der Waals surface area contributed by atoms with Crippen molar-refractivity contribution in [2.45, 2.75) is 39.5 Å². The highest BCUT2D eigenvalue weighted by Gasteiger charge is 2.64. The van der Waals surface area contributed by atoms with Gasteiger partial charge in [-0.05, 0) is 49.3 Å². The van der Waals surface area contributed by atoms with E-state index in [9.17, 15) is 4.79 Å². The van der Waals surface area contributed by atoms with Crippen molar-refractivity contribution in [2.75, 3.05) is 6.61 Å². The Kier molecular flexibility index (Phi) is 4.62. The molecule has 2 aliphatic rings. The van der Waals surface area contributed by atoms with Gasteiger partial charge in [0.05, 0.1) is 12.8 Å². The number of hydrogen-bond acceptors (Lipinski definition) is 3. The van der Waals surface area contributed by atoms with Gasteiger partial charge >= 0.3 is 0 Å². The lowest BCUT2D eigenvalue weighted by Crippen LogP contribution is -2.22. The monoisotopic (exact) mass is 334 g/mol. The topological polar surface area (TPSA) is 50.7 Å². The lowest BCUT2D eigenvalue weighted by molar-refractivity contribution is -0.123. The summed E-state index contributed by atoms with van der Waals surface area (Å²) in [6.45, 7) is 4.72. The Morgan fingerprint density at radius 1 is 1.52 bits per heavy atom. The van der Waals surface area contributed by atoms with Crippen LogP contribution in [0.3, 0.4) is 0 Å². The first-order valence-electron chi connectivity index (χ1n) is 8.31. The molecule has 0 unspecified atom stereocenters. The number of amides is 1. The van der Waals surface area contributed by atoms with Gasteiger partial charge in [-0.2, -0.15) is 5.10 Å². The second kappa shape index (κ2) is 6.52. The highest BCUT2D eigenvalue weighted by molar-refractivity contribution is 6.30. The Morgan fingerprint density at radius 2 is 2.35 bits per heavy atom. The van der Waals surface area contributed by atoms with Crippen LogP contribution in [-0.4, -0.2) is 18.7 Å². The van der Waals surface area contributed by atoms with Crippen LogP contribution in [0.1, 0.15) is 45.1 Å². The second-order valence-corrected chi connectivity index (χ2v) is 7.12. The summed E-state index contributed by atoms with van der Waals surface area (Å²) in [6, 6.07) is 5.37. The summed E-state index contributed by atoms with van der Waals surface area (Å²) in [7, 11) is 0. The third-order valence-corrected chi connectivity index (χ3v) is 5.50. The van der Waals surface area contributed by atoms with Crippen LogP contribution in [-0.2, 0) is 4.79 Å². The number of carbonyl (C=O) groups excluding carboxylic acids is 1. The highest BCUT2D eigenvalue weighted by atomic mass is 35.5. The minimum atomic E-state index is 0.0376. The molecular formula is C18H23ClN2O2. The molecule has 0 spiro atoms. The smallest absolute Gasteiger partial charge is 0.244 e. The number of halogens is 1. The minimum Gasteiger partial charge on any atom is -0.493 e. The Balaban J connectivity index is 1.63. The molecular weight excluding hydrogens is 312 g/mol. The first-order chi connectivity index (χ1) is 11.1. The van der Waals surface area contributed by atoms with E-state index in [1.807, 2.05) is 13.0 Å². The van der Waals surface area contributed by atoms with Gasteiger partial charge in [-0.1, -0.05) is 31.4 Å². The van der Waals surface area contributed by atoms with Gasteiger partial charge < -0.3 is 4.74 Å². The predicted octanol–water partition coefficient (Wildman–Crippen LogP) is 4.02. The molecule has 1 aromatic rings. The molecule has 0 saturated heterocycles. The molecule has 1 amide bonds. The lowest BCUT2D eigenvalue weighted by atomic mass is 9.90. The van der Waals surface area contributed by atoms with Crippen LogP contribution in [0.2, 0.25) is 5.02 Å². The van der Waals surface area contributed by atoms with Crippen molar-refractivity contribution in [3.63, 3.8) is 0 Å². The van der Waals surface area contributed by atoms with Crippen molar-refractivity contribution < 1.29 is 9.53 Å². The Bertz CT molecular complexity index is 631. The van der Waals surface area contributed by atoms with Crippen LogP contribution in [0.15, 0.2) is 23.3 Å². The van der Waals surface area contributed by atoms with Crippen LogP contribution >= 0.6 is 11.6 Å². The molecule has 5 heteroatoms. The Labute approximate surface area is 142 Å². The molecule has 0 radical (unpaired) electrons. The van der Waals surface area contributed by atoms with E-state index in [-0.39, 0.29) is 17.2 Å². The van der Waals surface area contributed by atoms with E-state index in [1.54, 1.807) is 18.3 Å². The van der Waals surface area contributed by atoms with Crippen molar-refractivity contribution in [1.82, 2.24) is 5.43 Å². The quantitative estimate of drug-likeness (QED) is 0.653. The number of nitrogens with one attached hydrogen (secondary N) is 1. The van der Waals surface area contributed by atoms with Crippen molar-refractivity contribution in [2.24, 2.45) is 22.4 Å². The summed E-state index contributed by atoms with van der Waals surface area (Å²) in [5, 5.41) is 4.73. The standard InChI is InChI=1S/C18H23ClN2O2/c1-3-23-15-8-7-13(19)10-12(15)11-20-21-17(22)16-14-6-4-5-9-18(14,16)2/h7-8,10-11,14,16H,3-6,9H2,1-2H3,(H,21,22)/b20-11-/t14-,16-,18-/m0/s1. The first-order valence-corrected chi connectivity index (χ1v) is 8.69. The van der Waals surface area contributed by atoms with Gasteiger partial charge in [0.2, 0.25) is 5.91 Å². The molecule has 0 aromatic heterocycles. The van der Waals surface area contributed by atoms with Crippen LogP contribution in [0, 0.1) is 17.3 Å². The summed E-state index contributed by atoms with van der Waals surface area (Å²) in [6.07, 6.45) is 6.40. The van der Waals surface area contributed by atoms with Gasteiger partial charge in [0, 0.05) is 16.5 Å². The zero-order valence-corrected chi connectivity index (χ0v) is 14.4. The van der Waals surface area contributed by atoms with Gasteiger partial charge in [0.15, 0.2) is 0 Å². The average molecular weight is 335 g/mol. The summed E-state index contributed by atoms with van der Waals surface area (Å²) in [4.78, 5) is 12.4. The minimum absolute atomic E-state index is 0.0376. The molecule has 3 atom stereocenters. The first kappa shape index (κ1) is 16.3. The van der Waals surface area contributed by atoms with Crippen LogP contribution in [0.4, 0.5) is 0 Å². The lowest BCUT2D eigenvalue weighted by Gasteiger charge is -2.15. The summed E-state index contributed by atoms with van der Waals surface area (Å²) < 4.78 is 5.54. The molecule has 2 saturated carbocycles. The molecule has 124 valence electrons. The van der Waals surface area contributed by atoms with Gasteiger partial charge in [0.1, 0.15) is 5.75 Å². The third kappa shape index (κ3) is 3.23. The van der Waals surface area contributed by atoms with E-state index in [0.717, 1.165) is 12.0 Å². The van der Waals surface area contributed by atoms with Gasteiger partial charge in [-0.15, -0.1) is 0 Å². The number of hydrazone groups is 1. The average Bonchev–Trinajstić information content (AvgIpc) is 3.15. The van der Waals surface area contributed by atoms with E-state index in [2.05, 4.69) is 17.5 Å². The SMILES string of the molecule is CCOc1ccc(Cl)cc1/C=N\NC(=O)[C@@H]1[C@@H]2CCCC[C@]12C. The highest BCUT2D eigenvalue weighted by Crippen LogP contribution is 2.66. The van der Waals surface area contributed by atoms with E-state index in [0.29, 0.717) is 23.3 Å². The second-order valence-electron chi connectivity index (χ2n) is 6.69. The van der Waals surface area contributed by atoms with Crippen LogP contribution in [0.5, 0.6) is 5.75 Å². The number of fused-ring (bicyclic) bond motifs is 1. The zero-order chi connectivity index (χ0) is 16.4. The normalized spacial score (nSPS) is 29.2. The van der Waals surface area contributed by atoms with Gasteiger partial charge in [-0.25, -0.2) is 5.43 Å². The molecule has 0 heterocycles. The maximum atomic E-state index is 12.4. The van der Waals surface area contributed by atoms with Gasteiger partial charge in [-0.3, -0.25) is 4.79 Å². The summed E-state index contributed by atoms with van der Waals surface area (Å²) >= 11 is 6.02. The number of ether oxygens (including phenoxy) is 1. The van der Waals surface area contributed by atoms with Gasteiger partial charge in [0.25, 0.3) is 0 Å². The molecule has 4 nitrogen and oxygen atoms in total. The largest absolute Gasteiger partial charge is 0.493 e. The molecule has 0 aliphatic heterocycles. The van der Waals surface area contributed by atoms with Crippen molar-refractivity contribution in [1.29, 1.82) is 0 Å². The molecule has 23 heavy (non-hydrogen) atoms. The fourth-order valence-electron chi connectivity index (χ4n) is 3.99. The number of benzene rings is 1. The van der Waals surface area contributed by atoms with Crippen molar-refractivity contribution in [3.05, 3.63) is 28.8 Å². The maximum Gasteiger partial charge on any atom is 0.244 e. The summed E-state index contributed by atoms with van der Waals surface area (Å²) in [5.41, 5.74) is 3.66. The fraction of sp³-hybridized carbons (Fsp3) is 0.556. The van der Waals surface area contributed by atoms with E-state index in [4.69, 9.17) is 16.3 Å². The Hall–Kier alpha value is -1.55. The maximum absolute atomic E-state index is 12.4. The molecule has 2 fully saturated rings. The van der Waals surface area contributed by atoms with Crippen LogP contribution < -0.4 is 10.2 Å². The zero-order valence-electron chi connectivity index (χ0n) is 13.6. The molecule has 0 bridgehead atoms. The number of nitrogens with zero attached hydrogens (tertiary/aromatic N) is 1.